The molecule has 20 heavy (non-hydrogen) atoms. The fourth-order valence-electron chi connectivity index (χ4n) is 2.49. The number of morpholine rings is 1. The van der Waals surface area contributed by atoms with Gasteiger partial charge in [-0.3, -0.25) is 14.5 Å². The van der Waals surface area contributed by atoms with E-state index in [1.807, 2.05) is 13.8 Å². The third kappa shape index (κ3) is 3.09. The Kier molecular flexibility index (Phi) is 4.59. The summed E-state index contributed by atoms with van der Waals surface area (Å²) < 4.78 is 5.37. The second-order valence-corrected chi connectivity index (χ2v) is 5.24. The number of imide groups is 1. The van der Waals surface area contributed by atoms with E-state index < -0.39 is 12.1 Å². The minimum atomic E-state index is -0.482. The van der Waals surface area contributed by atoms with E-state index in [1.54, 1.807) is 4.90 Å². The van der Waals surface area contributed by atoms with Gasteiger partial charge < -0.3 is 15.0 Å². The molecule has 0 saturated carbocycles. The number of rotatable bonds is 4. The molecule has 2 rings (SSSR count). The van der Waals surface area contributed by atoms with Crippen LogP contribution in [-0.4, -0.2) is 66.0 Å². The first-order valence-electron chi connectivity index (χ1n) is 7.04. The van der Waals surface area contributed by atoms with Gasteiger partial charge in [-0.05, 0) is 13.3 Å². The lowest BCUT2D eigenvalue weighted by Crippen LogP contribution is -2.49. The Morgan fingerprint density at radius 2 is 2.20 bits per heavy atom. The quantitative estimate of drug-likeness (QED) is 0.734. The molecule has 0 aromatic carbocycles. The Labute approximate surface area is 118 Å². The number of ether oxygens (including phenoxy) is 1. The van der Waals surface area contributed by atoms with Crippen LogP contribution in [0.5, 0.6) is 0 Å². The molecule has 2 aliphatic heterocycles. The van der Waals surface area contributed by atoms with E-state index in [0.29, 0.717) is 26.1 Å². The summed E-state index contributed by atoms with van der Waals surface area (Å²) in [7, 11) is 0. The highest BCUT2D eigenvalue weighted by atomic mass is 16.5. The molecule has 0 aromatic heterocycles. The standard InChI is InChI=1S/C13H21N3O4/c1-3-4-10-12(18)16(13(19)14-10)8-11(17)15-5-6-20-9(2)7-15/h9-10H,3-8H2,1-2H3,(H,14,19)/t9-,10-/m0/s1. The van der Waals surface area contributed by atoms with Crippen molar-refractivity contribution in [3.05, 3.63) is 0 Å². The molecule has 2 atom stereocenters. The van der Waals surface area contributed by atoms with Crippen molar-refractivity contribution in [2.45, 2.75) is 38.8 Å². The number of hydrogen-bond acceptors (Lipinski definition) is 4. The second-order valence-electron chi connectivity index (χ2n) is 5.24. The van der Waals surface area contributed by atoms with Gasteiger partial charge in [0.25, 0.3) is 5.91 Å². The lowest BCUT2D eigenvalue weighted by molar-refractivity contribution is -0.142. The molecule has 2 saturated heterocycles. The maximum Gasteiger partial charge on any atom is 0.325 e. The van der Waals surface area contributed by atoms with Gasteiger partial charge in [-0.1, -0.05) is 13.3 Å². The van der Waals surface area contributed by atoms with Gasteiger partial charge in [0.15, 0.2) is 0 Å². The van der Waals surface area contributed by atoms with Gasteiger partial charge in [0.2, 0.25) is 5.91 Å². The first-order valence-corrected chi connectivity index (χ1v) is 7.04. The summed E-state index contributed by atoms with van der Waals surface area (Å²) in [6, 6.07) is -0.952. The van der Waals surface area contributed by atoms with E-state index in [9.17, 15) is 14.4 Å². The van der Waals surface area contributed by atoms with Crippen molar-refractivity contribution in [2.75, 3.05) is 26.2 Å². The zero-order chi connectivity index (χ0) is 14.7. The molecule has 2 fully saturated rings. The van der Waals surface area contributed by atoms with Crippen LogP contribution in [0.15, 0.2) is 0 Å². The minimum absolute atomic E-state index is 0.0105. The van der Waals surface area contributed by atoms with Crippen molar-refractivity contribution >= 4 is 17.8 Å². The highest BCUT2D eigenvalue weighted by Gasteiger charge is 2.39. The Morgan fingerprint density at radius 3 is 2.85 bits per heavy atom. The van der Waals surface area contributed by atoms with Crippen LogP contribution in [0.25, 0.3) is 0 Å². The molecule has 0 unspecified atom stereocenters. The molecule has 1 N–H and O–H groups in total. The maximum atomic E-state index is 12.2. The summed E-state index contributed by atoms with van der Waals surface area (Å²) in [5, 5.41) is 2.61. The molecular weight excluding hydrogens is 262 g/mol. The Morgan fingerprint density at radius 1 is 1.45 bits per heavy atom. The van der Waals surface area contributed by atoms with Gasteiger partial charge in [-0.25, -0.2) is 4.79 Å². The third-order valence-electron chi connectivity index (χ3n) is 3.57. The van der Waals surface area contributed by atoms with Crippen LogP contribution in [-0.2, 0) is 14.3 Å². The van der Waals surface area contributed by atoms with Gasteiger partial charge >= 0.3 is 6.03 Å². The Hall–Kier alpha value is -1.63. The number of nitrogens with zero attached hydrogens (tertiary/aromatic N) is 2. The highest BCUT2D eigenvalue weighted by Crippen LogP contribution is 2.12. The lowest BCUT2D eigenvalue weighted by Gasteiger charge is -2.31. The zero-order valence-corrected chi connectivity index (χ0v) is 11.9. The largest absolute Gasteiger partial charge is 0.375 e. The zero-order valence-electron chi connectivity index (χ0n) is 11.9. The first-order chi connectivity index (χ1) is 9.52. The van der Waals surface area contributed by atoms with E-state index in [4.69, 9.17) is 4.74 Å². The SMILES string of the molecule is CCC[C@@H]1NC(=O)N(CC(=O)N2CCO[C@@H](C)C2)C1=O. The van der Waals surface area contributed by atoms with Gasteiger partial charge in [0, 0.05) is 13.1 Å². The molecule has 0 spiro atoms. The Balaban J connectivity index is 1.93. The number of carbonyl (C=O) groups is 3. The van der Waals surface area contributed by atoms with E-state index >= 15 is 0 Å². The number of nitrogens with one attached hydrogen (secondary N) is 1. The maximum absolute atomic E-state index is 12.2. The van der Waals surface area contributed by atoms with Gasteiger partial charge in [0.05, 0.1) is 12.7 Å². The van der Waals surface area contributed by atoms with Crippen molar-refractivity contribution < 1.29 is 19.1 Å². The number of urea groups is 1. The third-order valence-corrected chi connectivity index (χ3v) is 3.57. The number of amides is 4. The topological polar surface area (TPSA) is 79.0 Å². The molecule has 0 aromatic rings. The summed E-state index contributed by atoms with van der Waals surface area (Å²) in [5.74, 6) is -0.507. The summed E-state index contributed by atoms with van der Waals surface area (Å²) in [5.41, 5.74) is 0. The summed E-state index contributed by atoms with van der Waals surface area (Å²) >= 11 is 0. The van der Waals surface area contributed by atoms with Crippen LogP contribution in [0.1, 0.15) is 26.7 Å². The average molecular weight is 283 g/mol. The highest BCUT2D eigenvalue weighted by molar-refractivity contribution is 6.06. The van der Waals surface area contributed by atoms with Gasteiger partial charge in [0.1, 0.15) is 12.6 Å². The van der Waals surface area contributed by atoms with Crippen LogP contribution < -0.4 is 5.32 Å². The van der Waals surface area contributed by atoms with Crippen molar-refractivity contribution in [3.8, 4) is 0 Å². The van der Waals surface area contributed by atoms with Crippen LogP contribution in [0.2, 0.25) is 0 Å². The molecule has 112 valence electrons. The van der Waals surface area contributed by atoms with Crippen molar-refractivity contribution in [3.63, 3.8) is 0 Å². The molecule has 2 heterocycles. The summed E-state index contributed by atoms with van der Waals surface area (Å²) in [6.45, 7) is 5.15. The summed E-state index contributed by atoms with van der Waals surface area (Å²) in [4.78, 5) is 38.6. The normalized spacial score (nSPS) is 26.9. The fourth-order valence-corrected chi connectivity index (χ4v) is 2.49. The average Bonchev–Trinajstić information content (AvgIpc) is 2.67. The molecule has 7 nitrogen and oxygen atoms in total. The van der Waals surface area contributed by atoms with Gasteiger partial charge in [-0.15, -0.1) is 0 Å². The predicted octanol–water partition coefficient (Wildman–Crippen LogP) is -0.0458. The van der Waals surface area contributed by atoms with Crippen molar-refractivity contribution in [1.29, 1.82) is 0 Å². The molecule has 0 radical (unpaired) electrons. The smallest absolute Gasteiger partial charge is 0.325 e. The predicted molar refractivity (Wildman–Crippen MR) is 70.9 cm³/mol. The molecular formula is C13H21N3O4. The molecule has 0 aliphatic carbocycles. The van der Waals surface area contributed by atoms with Crippen LogP contribution in [0.3, 0.4) is 0 Å². The molecule has 7 heteroatoms. The fraction of sp³-hybridized carbons (Fsp3) is 0.769. The second kappa shape index (κ2) is 6.21. The molecule has 0 bridgehead atoms. The van der Waals surface area contributed by atoms with Crippen LogP contribution >= 0.6 is 0 Å². The molecule has 4 amide bonds. The molecule has 2 aliphatic rings. The van der Waals surface area contributed by atoms with Crippen molar-refractivity contribution in [2.24, 2.45) is 0 Å². The first kappa shape index (κ1) is 14.8. The van der Waals surface area contributed by atoms with Crippen LogP contribution in [0.4, 0.5) is 4.79 Å². The van der Waals surface area contributed by atoms with E-state index in [1.165, 1.54) is 0 Å². The number of hydrogen-bond donors (Lipinski definition) is 1. The van der Waals surface area contributed by atoms with Gasteiger partial charge in [-0.2, -0.15) is 0 Å². The van der Waals surface area contributed by atoms with Crippen molar-refractivity contribution in [1.82, 2.24) is 15.1 Å². The van der Waals surface area contributed by atoms with E-state index in [0.717, 1.165) is 11.3 Å². The van der Waals surface area contributed by atoms with E-state index in [2.05, 4.69) is 5.32 Å². The Bertz CT molecular complexity index is 412. The lowest BCUT2D eigenvalue weighted by atomic mass is 10.2. The van der Waals surface area contributed by atoms with E-state index in [-0.39, 0.29) is 24.5 Å². The van der Waals surface area contributed by atoms with Crippen LogP contribution in [0, 0.1) is 0 Å². The monoisotopic (exact) mass is 283 g/mol. The summed E-state index contributed by atoms with van der Waals surface area (Å²) in [6.07, 6.45) is 1.40. The number of carbonyl (C=O) groups excluding carboxylic acids is 3. The minimum Gasteiger partial charge on any atom is -0.375 e.